The molecule has 0 saturated carbocycles. The van der Waals surface area contributed by atoms with Gasteiger partial charge in [0.2, 0.25) is 0 Å². The van der Waals surface area contributed by atoms with Crippen molar-refractivity contribution in [2.24, 2.45) is 0 Å². The van der Waals surface area contributed by atoms with Crippen molar-refractivity contribution in [3.05, 3.63) is 11.6 Å². The zero-order valence-electron chi connectivity index (χ0n) is 12.5. The maximum atomic E-state index is 4.42. The monoisotopic (exact) mass is 269 g/mol. The lowest BCUT2D eigenvalue weighted by Crippen LogP contribution is -2.27. The van der Waals surface area contributed by atoms with Gasteiger partial charge in [0.1, 0.15) is 5.82 Å². The summed E-state index contributed by atoms with van der Waals surface area (Å²) in [6.07, 6.45) is 0. The summed E-state index contributed by atoms with van der Waals surface area (Å²) in [5, 5.41) is 13.8. The van der Waals surface area contributed by atoms with Gasteiger partial charge in [-0.3, -0.25) is 5.10 Å². The van der Waals surface area contributed by atoms with E-state index >= 15 is 0 Å². The molecule has 7 nitrogen and oxygen atoms in total. The Bertz CT molecular complexity index is 304. The molecule has 7 heteroatoms. The molecule has 3 N–H and O–H groups in total. The largest absolute Gasteiger partial charge is 0.309 e. The summed E-state index contributed by atoms with van der Waals surface area (Å²) >= 11 is 0. The molecule has 19 heavy (non-hydrogen) atoms. The Hall–Kier alpha value is -1.02. The van der Waals surface area contributed by atoms with Crippen molar-refractivity contribution in [2.45, 2.75) is 13.1 Å². The molecular formula is C12H27N7. The Morgan fingerprint density at radius 1 is 0.947 bits per heavy atom. The van der Waals surface area contributed by atoms with Crippen LogP contribution in [0.1, 0.15) is 11.6 Å². The van der Waals surface area contributed by atoms with Crippen molar-refractivity contribution in [1.82, 2.24) is 35.6 Å². The van der Waals surface area contributed by atoms with E-state index in [2.05, 4.69) is 63.8 Å². The first-order valence-electron chi connectivity index (χ1n) is 6.69. The van der Waals surface area contributed by atoms with Crippen LogP contribution in [0.15, 0.2) is 0 Å². The van der Waals surface area contributed by atoms with Crippen molar-refractivity contribution in [2.75, 3.05) is 54.4 Å². The van der Waals surface area contributed by atoms with Crippen molar-refractivity contribution >= 4 is 0 Å². The zero-order valence-corrected chi connectivity index (χ0v) is 12.5. The minimum absolute atomic E-state index is 0.710. The number of hydrogen-bond acceptors (Lipinski definition) is 6. The topological polar surface area (TPSA) is 72.1 Å². The summed E-state index contributed by atoms with van der Waals surface area (Å²) in [5.74, 6) is 1.71. The van der Waals surface area contributed by atoms with Gasteiger partial charge >= 0.3 is 0 Å². The molecule has 0 radical (unpaired) electrons. The molecule has 0 amide bonds. The molecule has 0 aromatic carbocycles. The first kappa shape index (κ1) is 16.0. The number of nitrogens with zero attached hydrogens (tertiary/aromatic N) is 4. The van der Waals surface area contributed by atoms with Crippen LogP contribution in [0.4, 0.5) is 0 Å². The SMILES string of the molecule is CN(C)CCNCc1n[nH]c(CNCCN(C)C)n1. The Labute approximate surface area is 115 Å². The molecule has 1 aromatic rings. The highest BCUT2D eigenvalue weighted by Crippen LogP contribution is 1.92. The summed E-state index contributed by atoms with van der Waals surface area (Å²) in [6.45, 7) is 5.37. The van der Waals surface area contributed by atoms with E-state index in [4.69, 9.17) is 0 Å². The van der Waals surface area contributed by atoms with Gasteiger partial charge in [-0.2, -0.15) is 5.10 Å². The number of aromatic amines is 1. The third-order valence-electron chi connectivity index (χ3n) is 2.63. The second-order valence-corrected chi connectivity index (χ2v) is 5.16. The van der Waals surface area contributed by atoms with Crippen molar-refractivity contribution < 1.29 is 0 Å². The molecule has 0 aliphatic rings. The summed E-state index contributed by atoms with van der Waals surface area (Å²) in [7, 11) is 8.25. The summed E-state index contributed by atoms with van der Waals surface area (Å²) in [6, 6.07) is 0. The number of hydrogen-bond donors (Lipinski definition) is 3. The van der Waals surface area contributed by atoms with Crippen LogP contribution < -0.4 is 10.6 Å². The molecular weight excluding hydrogens is 242 g/mol. The van der Waals surface area contributed by atoms with Crippen molar-refractivity contribution in [3.63, 3.8) is 0 Å². The minimum Gasteiger partial charge on any atom is -0.309 e. The van der Waals surface area contributed by atoms with Gasteiger partial charge in [-0.05, 0) is 28.2 Å². The van der Waals surface area contributed by atoms with Crippen LogP contribution in [-0.4, -0.2) is 79.4 Å². The quantitative estimate of drug-likeness (QED) is 0.479. The van der Waals surface area contributed by atoms with E-state index < -0.39 is 0 Å². The van der Waals surface area contributed by atoms with Gasteiger partial charge in [-0.1, -0.05) is 0 Å². The second-order valence-electron chi connectivity index (χ2n) is 5.16. The van der Waals surface area contributed by atoms with E-state index in [1.165, 1.54) is 0 Å². The van der Waals surface area contributed by atoms with Gasteiger partial charge in [0, 0.05) is 26.2 Å². The van der Waals surface area contributed by atoms with Gasteiger partial charge in [0.25, 0.3) is 0 Å². The fraction of sp³-hybridized carbons (Fsp3) is 0.833. The molecule has 0 spiro atoms. The Morgan fingerprint density at radius 3 is 2.11 bits per heavy atom. The van der Waals surface area contributed by atoms with Gasteiger partial charge in [-0.15, -0.1) is 0 Å². The average molecular weight is 269 g/mol. The Kier molecular flexibility index (Phi) is 7.57. The van der Waals surface area contributed by atoms with Crippen LogP contribution in [-0.2, 0) is 13.1 Å². The molecule has 0 unspecified atom stereocenters. The van der Waals surface area contributed by atoms with Crippen molar-refractivity contribution in [1.29, 1.82) is 0 Å². The smallest absolute Gasteiger partial charge is 0.164 e. The van der Waals surface area contributed by atoms with Crippen LogP contribution in [0.2, 0.25) is 0 Å². The molecule has 1 heterocycles. The van der Waals surface area contributed by atoms with Crippen LogP contribution >= 0.6 is 0 Å². The van der Waals surface area contributed by atoms with Crippen LogP contribution in [0, 0.1) is 0 Å². The summed E-state index contributed by atoms with van der Waals surface area (Å²) in [4.78, 5) is 8.71. The molecule has 0 aliphatic heterocycles. The second kappa shape index (κ2) is 8.98. The highest BCUT2D eigenvalue weighted by atomic mass is 15.2. The lowest BCUT2D eigenvalue weighted by atomic mass is 10.5. The van der Waals surface area contributed by atoms with E-state index in [9.17, 15) is 0 Å². The fourth-order valence-corrected chi connectivity index (χ4v) is 1.51. The van der Waals surface area contributed by atoms with Crippen LogP contribution in [0.25, 0.3) is 0 Å². The summed E-state index contributed by atoms with van der Waals surface area (Å²) < 4.78 is 0. The summed E-state index contributed by atoms with van der Waals surface area (Å²) in [5.41, 5.74) is 0. The van der Waals surface area contributed by atoms with Crippen molar-refractivity contribution in [3.8, 4) is 0 Å². The van der Waals surface area contributed by atoms with Gasteiger partial charge in [-0.25, -0.2) is 4.98 Å². The zero-order chi connectivity index (χ0) is 14.1. The van der Waals surface area contributed by atoms with Gasteiger partial charge in [0.15, 0.2) is 5.82 Å². The van der Waals surface area contributed by atoms with Gasteiger partial charge in [0.05, 0.1) is 13.1 Å². The lowest BCUT2D eigenvalue weighted by Gasteiger charge is -2.09. The standard InChI is InChI=1S/C12H27N7/c1-18(2)7-5-13-9-11-15-12(17-16-11)10-14-6-8-19(3)4/h13-14H,5-10H2,1-4H3,(H,15,16,17). The van der Waals surface area contributed by atoms with E-state index in [0.29, 0.717) is 6.54 Å². The van der Waals surface area contributed by atoms with E-state index in [1.54, 1.807) is 0 Å². The number of nitrogens with one attached hydrogen (secondary N) is 3. The molecule has 1 rings (SSSR count). The predicted molar refractivity (Wildman–Crippen MR) is 76.9 cm³/mol. The van der Waals surface area contributed by atoms with E-state index in [1.807, 2.05) is 0 Å². The highest BCUT2D eigenvalue weighted by molar-refractivity contribution is 4.89. The molecule has 0 bridgehead atoms. The molecule has 0 saturated heterocycles. The number of likely N-dealkylation sites (N-methyl/N-ethyl adjacent to an activating group) is 2. The first-order chi connectivity index (χ1) is 9.08. The minimum atomic E-state index is 0.710. The average Bonchev–Trinajstić information content (AvgIpc) is 2.78. The maximum absolute atomic E-state index is 4.42. The fourth-order valence-electron chi connectivity index (χ4n) is 1.51. The van der Waals surface area contributed by atoms with Crippen LogP contribution in [0.5, 0.6) is 0 Å². The maximum Gasteiger partial charge on any atom is 0.164 e. The van der Waals surface area contributed by atoms with Crippen LogP contribution in [0.3, 0.4) is 0 Å². The third kappa shape index (κ3) is 7.89. The van der Waals surface area contributed by atoms with Gasteiger partial charge < -0.3 is 20.4 Å². The molecule has 110 valence electrons. The van der Waals surface area contributed by atoms with E-state index in [-0.39, 0.29) is 0 Å². The van der Waals surface area contributed by atoms with E-state index in [0.717, 1.165) is 44.4 Å². The Morgan fingerprint density at radius 2 is 1.53 bits per heavy atom. The molecule has 0 fully saturated rings. The highest BCUT2D eigenvalue weighted by Gasteiger charge is 2.02. The lowest BCUT2D eigenvalue weighted by molar-refractivity contribution is 0.398. The molecule has 0 aliphatic carbocycles. The first-order valence-corrected chi connectivity index (χ1v) is 6.69. The number of rotatable bonds is 10. The Balaban J connectivity index is 2.14. The molecule has 0 atom stereocenters. The number of aromatic nitrogens is 3. The predicted octanol–water partition coefficient (Wildman–Crippen LogP) is -0.893. The third-order valence-corrected chi connectivity index (χ3v) is 2.63. The molecule has 1 aromatic heterocycles. The normalized spacial score (nSPS) is 11.7. The number of H-pyrrole nitrogens is 1.